The lowest BCUT2D eigenvalue weighted by molar-refractivity contribution is 0.175. The molecule has 0 fully saturated rings. The van der Waals surface area contributed by atoms with E-state index in [9.17, 15) is 13.5 Å². The summed E-state index contributed by atoms with van der Waals surface area (Å²) >= 11 is 0. The molecule has 0 bridgehead atoms. The number of rotatable bonds is 5. The highest BCUT2D eigenvalue weighted by Crippen LogP contribution is 2.17. The predicted octanol–water partition coefficient (Wildman–Crippen LogP) is 1.30. The molecule has 0 aliphatic rings. The number of benzene rings is 1. The standard InChI is InChI=1S/C13H18N2O3S/c1-9-6-12(8-14)4-5-13(9)19(17,18)15-10(2)7-11(3)16/h4-6,10-11,15-16H,7H2,1-3H3. The molecule has 2 N–H and O–H groups in total. The van der Waals surface area contributed by atoms with E-state index in [0.717, 1.165) is 0 Å². The van der Waals surface area contributed by atoms with Gasteiger partial charge in [0.25, 0.3) is 0 Å². The second-order valence-corrected chi connectivity index (χ2v) is 6.38. The summed E-state index contributed by atoms with van der Waals surface area (Å²) in [5.74, 6) is 0. The third-order valence-corrected chi connectivity index (χ3v) is 4.39. The Morgan fingerprint density at radius 2 is 2.05 bits per heavy atom. The summed E-state index contributed by atoms with van der Waals surface area (Å²) in [7, 11) is -3.63. The van der Waals surface area contributed by atoms with Crippen molar-refractivity contribution in [1.29, 1.82) is 5.26 Å². The predicted molar refractivity (Wildman–Crippen MR) is 72.0 cm³/mol. The molecule has 0 spiro atoms. The fourth-order valence-corrected chi connectivity index (χ4v) is 3.39. The van der Waals surface area contributed by atoms with Crippen LogP contribution in [0.15, 0.2) is 23.1 Å². The smallest absolute Gasteiger partial charge is 0.241 e. The molecule has 0 saturated heterocycles. The number of nitriles is 1. The Balaban J connectivity index is 2.98. The average molecular weight is 282 g/mol. The Hall–Kier alpha value is -1.42. The number of nitrogens with zero attached hydrogens (tertiary/aromatic N) is 1. The molecule has 0 aliphatic carbocycles. The van der Waals surface area contributed by atoms with Gasteiger partial charge >= 0.3 is 0 Å². The fourth-order valence-electron chi connectivity index (χ4n) is 1.91. The molecule has 0 aliphatic heterocycles. The molecular weight excluding hydrogens is 264 g/mol. The van der Waals surface area contributed by atoms with Crippen molar-refractivity contribution in [1.82, 2.24) is 4.72 Å². The SMILES string of the molecule is Cc1cc(C#N)ccc1S(=O)(=O)NC(C)CC(C)O. The fraction of sp³-hybridized carbons (Fsp3) is 0.462. The van der Waals surface area contributed by atoms with Crippen molar-refractivity contribution >= 4 is 10.0 Å². The minimum Gasteiger partial charge on any atom is -0.393 e. The van der Waals surface area contributed by atoms with Crippen LogP contribution in [-0.4, -0.2) is 25.7 Å². The molecule has 2 atom stereocenters. The Kier molecular flexibility index (Phi) is 5.06. The number of hydrogen-bond donors (Lipinski definition) is 2. The minimum atomic E-state index is -3.63. The van der Waals surface area contributed by atoms with E-state index < -0.39 is 16.1 Å². The normalized spacial score (nSPS) is 14.7. The molecule has 1 aromatic rings. The lowest BCUT2D eigenvalue weighted by Gasteiger charge is -2.16. The average Bonchev–Trinajstić information content (AvgIpc) is 2.26. The van der Waals surface area contributed by atoms with Crippen LogP contribution in [0.2, 0.25) is 0 Å². The van der Waals surface area contributed by atoms with Gasteiger partial charge in [-0.05, 0) is 51.0 Å². The number of sulfonamides is 1. The van der Waals surface area contributed by atoms with Crippen LogP contribution in [-0.2, 0) is 10.0 Å². The Morgan fingerprint density at radius 3 is 2.53 bits per heavy atom. The van der Waals surface area contributed by atoms with Gasteiger partial charge in [0.05, 0.1) is 22.6 Å². The van der Waals surface area contributed by atoms with Gasteiger partial charge in [0.1, 0.15) is 0 Å². The molecule has 0 aromatic heterocycles. The molecule has 0 radical (unpaired) electrons. The van der Waals surface area contributed by atoms with E-state index >= 15 is 0 Å². The molecule has 6 heteroatoms. The molecule has 0 amide bonds. The third-order valence-electron chi connectivity index (χ3n) is 2.64. The monoisotopic (exact) mass is 282 g/mol. The van der Waals surface area contributed by atoms with Crippen molar-refractivity contribution in [2.45, 2.75) is 44.2 Å². The van der Waals surface area contributed by atoms with Crippen molar-refractivity contribution in [3.8, 4) is 6.07 Å². The van der Waals surface area contributed by atoms with Gasteiger partial charge in [-0.3, -0.25) is 0 Å². The van der Waals surface area contributed by atoms with Crippen molar-refractivity contribution in [3.63, 3.8) is 0 Å². The van der Waals surface area contributed by atoms with Crippen LogP contribution < -0.4 is 4.72 Å². The summed E-state index contributed by atoms with van der Waals surface area (Å²) in [6.45, 7) is 4.95. The van der Waals surface area contributed by atoms with Crippen molar-refractivity contribution in [2.24, 2.45) is 0 Å². The lowest BCUT2D eigenvalue weighted by Crippen LogP contribution is -2.35. The molecular formula is C13H18N2O3S. The Morgan fingerprint density at radius 1 is 1.42 bits per heavy atom. The summed E-state index contributed by atoms with van der Waals surface area (Å²) in [6, 6.07) is 6.03. The van der Waals surface area contributed by atoms with Crippen molar-refractivity contribution < 1.29 is 13.5 Å². The molecule has 1 rings (SSSR count). The molecule has 0 saturated carbocycles. The highest BCUT2D eigenvalue weighted by molar-refractivity contribution is 7.89. The van der Waals surface area contributed by atoms with Crippen LogP contribution in [0.5, 0.6) is 0 Å². The second-order valence-electron chi connectivity index (χ2n) is 4.70. The summed E-state index contributed by atoms with van der Waals surface area (Å²) in [5, 5.41) is 18.0. The van der Waals surface area contributed by atoms with Gasteiger partial charge in [-0.15, -0.1) is 0 Å². The topological polar surface area (TPSA) is 90.2 Å². The van der Waals surface area contributed by atoms with E-state index in [4.69, 9.17) is 5.26 Å². The lowest BCUT2D eigenvalue weighted by atomic mass is 10.2. The maximum Gasteiger partial charge on any atom is 0.241 e. The molecule has 2 unspecified atom stereocenters. The largest absolute Gasteiger partial charge is 0.393 e. The molecule has 1 aromatic carbocycles. The van der Waals surface area contributed by atoms with Gasteiger partial charge in [-0.1, -0.05) is 0 Å². The second kappa shape index (κ2) is 6.15. The van der Waals surface area contributed by atoms with Crippen LogP contribution in [0.4, 0.5) is 0 Å². The van der Waals surface area contributed by atoms with Gasteiger partial charge in [0.2, 0.25) is 10.0 Å². The highest BCUT2D eigenvalue weighted by Gasteiger charge is 2.20. The van der Waals surface area contributed by atoms with E-state index in [1.165, 1.54) is 18.2 Å². The number of hydrogen-bond acceptors (Lipinski definition) is 4. The zero-order valence-corrected chi connectivity index (χ0v) is 12.0. The quantitative estimate of drug-likeness (QED) is 0.852. The Bertz CT molecular complexity index is 588. The highest BCUT2D eigenvalue weighted by atomic mass is 32.2. The first-order chi connectivity index (χ1) is 8.76. The van der Waals surface area contributed by atoms with Crippen LogP contribution in [0.3, 0.4) is 0 Å². The van der Waals surface area contributed by atoms with Crippen LogP contribution in [0.1, 0.15) is 31.4 Å². The first-order valence-electron chi connectivity index (χ1n) is 5.97. The van der Waals surface area contributed by atoms with Gasteiger partial charge in [-0.2, -0.15) is 5.26 Å². The zero-order chi connectivity index (χ0) is 14.6. The number of nitrogens with one attached hydrogen (secondary N) is 1. The van der Waals surface area contributed by atoms with E-state index in [0.29, 0.717) is 17.5 Å². The van der Waals surface area contributed by atoms with Crippen LogP contribution in [0, 0.1) is 18.3 Å². The maximum atomic E-state index is 12.2. The molecule has 0 heterocycles. The zero-order valence-electron chi connectivity index (χ0n) is 11.2. The third kappa shape index (κ3) is 4.31. The number of aryl methyl sites for hydroxylation is 1. The van der Waals surface area contributed by atoms with Gasteiger partial charge in [-0.25, -0.2) is 13.1 Å². The van der Waals surface area contributed by atoms with Crippen LogP contribution >= 0.6 is 0 Å². The van der Waals surface area contributed by atoms with Gasteiger partial charge in [0, 0.05) is 6.04 Å². The summed E-state index contributed by atoms with van der Waals surface area (Å²) < 4.78 is 26.8. The first kappa shape index (κ1) is 15.6. The summed E-state index contributed by atoms with van der Waals surface area (Å²) in [5.41, 5.74) is 0.948. The van der Waals surface area contributed by atoms with Gasteiger partial charge in [0.15, 0.2) is 0 Å². The van der Waals surface area contributed by atoms with Crippen molar-refractivity contribution in [3.05, 3.63) is 29.3 Å². The van der Waals surface area contributed by atoms with Gasteiger partial charge < -0.3 is 5.11 Å². The van der Waals surface area contributed by atoms with E-state index in [1.54, 1.807) is 20.8 Å². The number of aliphatic hydroxyl groups excluding tert-OH is 1. The van der Waals surface area contributed by atoms with E-state index in [1.807, 2.05) is 6.07 Å². The van der Waals surface area contributed by atoms with E-state index in [-0.39, 0.29) is 10.9 Å². The van der Waals surface area contributed by atoms with E-state index in [2.05, 4.69) is 4.72 Å². The molecule has 19 heavy (non-hydrogen) atoms. The first-order valence-corrected chi connectivity index (χ1v) is 7.45. The number of aliphatic hydroxyl groups is 1. The summed E-state index contributed by atoms with van der Waals surface area (Å²) in [4.78, 5) is 0.156. The summed E-state index contributed by atoms with van der Waals surface area (Å²) in [6.07, 6.45) is -0.228. The minimum absolute atomic E-state index is 0.156. The molecule has 104 valence electrons. The molecule has 5 nitrogen and oxygen atoms in total. The van der Waals surface area contributed by atoms with Crippen molar-refractivity contribution in [2.75, 3.05) is 0 Å². The van der Waals surface area contributed by atoms with Crippen LogP contribution in [0.25, 0.3) is 0 Å². The Labute approximate surface area is 113 Å². The maximum absolute atomic E-state index is 12.2.